The number of aryl methyl sites for hydroxylation is 1. The Kier molecular flexibility index (Phi) is 6.97. The molecule has 1 heterocycles. The molecule has 27 heavy (non-hydrogen) atoms. The highest BCUT2D eigenvalue weighted by molar-refractivity contribution is 5.68. The second-order valence-electron chi connectivity index (χ2n) is 6.88. The van der Waals surface area contributed by atoms with Crippen molar-refractivity contribution in [3.8, 4) is 28.3 Å². The highest BCUT2D eigenvalue weighted by atomic mass is 16.5. The first-order valence-corrected chi connectivity index (χ1v) is 9.86. The first-order valence-electron chi connectivity index (χ1n) is 9.86. The average Bonchev–Trinajstić information content (AvgIpc) is 2.74. The summed E-state index contributed by atoms with van der Waals surface area (Å²) >= 11 is 0. The van der Waals surface area contributed by atoms with Crippen molar-refractivity contribution in [2.45, 2.75) is 45.4 Å². The van der Waals surface area contributed by atoms with E-state index >= 15 is 0 Å². The maximum atomic E-state index is 5.22. The van der Waals surface area contributed by atoms with E-state index in [4.69, 9.17) is 4.74 Å². The molecule has 3 rings (SSSR count). The van der Waals surface area contributed by atoms with Gasteiger partial charge in [0.05, 0.1) is 7.11 Å². The van der Waals surface area contributed by atoms with Crippen LogP contribution in [0.4, 0.5) is 0 Å². The van der Waals surface area contributed by atoms with E-state index in [9.17, 15) is 0 Å². The Bertz CT molecular complexity index is 809. The molecule has 0 radical (unpaired) electrons. The highest BCUT2D eigenvalue weighted by Gasteiger charge is 2.04. The second-order valence-corrected chi connectivity index (χ2v) is 6.88. The fraction of sp³-hybridized carbons (Fsp3) is 0.333. The van der Waals surface area contributed by atoms with E-state index in [2.05, 4.69) is 53.3 Å². The van der Waals surface area contributed by atoms with Crippen molar-refractivity contribution < 1.29 is 4.74 Å². The maximum absolute atomic E-state index is 5.22. The van der Waals surface area contributed by atoms with Gasteiger partial charge in [0.25, 0.3) is 0 Å². The molecule has 0 aliphatic rings. The summed E-state index contributed by atoms with van der Waals surface area (Å²) < 4.78 is 5.22. The molecule has 2 aromatic carbocycles. The van der Waals surface area contributed by atoms with E-state index in [-0.39, 0.29) is 0 Å². The van der Waals surface area contributed by atoms with E-state index in [1.54, 1.807) is 7.11 Å². The number of hydrogen-bond donors (Lipinski definition) is 0. The van der Waals surface area contributed by atoms with Crippen LogP contribution in [0.25, 0.3) is 22.5 Å². The molecule has 0 N–H and O–H groups in total. The zero-order valence-electron chi connectivity index (χ0n) is 16.3. The summed E-state index contributed by atoms with van der Waals surface area (Å²) in [5.41, 5.74) is 4.61. The van der Waals surface area contributed by atoms with Gasteiger partial charge in [0, 0.05) is 18.0 Å². The third kappa shape index (κ3) is 5.40. The minimum Gasteiger partial charge on any atom is -0.497 e. The van der Waals surface area contributed by atoms with Gasteiger partial charge < -0.3 is 4.74 Å². The third-order valence-corrected chi connectivity index (χ3v) is 4.84. The largest absolute Gasteiger partial charge is 0.497 e. The summed E-state index contributed by atoms with van der Waals surface area (Å²) in [6, 6.07) is 16.5. The molecule has 0 saturated heterocycles. The van der Waals surface area contributed by atoms with Crippen molar-refractivity contribution in [2.75, 3.05) is 7.11 Å². The highest BCUT2D eigenvalue weighted by Crippen LogP contribution is 2.25. The van der Waals surface area contributed by atoms with Crippen LogP contribution >= 0.6 is 0 Å². The topological polar surface area (TPSA) is 35.0 Å². The van der Waals surface area contributed by atoms with Crippen LogP contribution in [0.5, 0.6) is 5.75 Å². The number of methoxy groups -OCH3 is 1. The number of hydrogen-bond acceptors (Lipinski definition) is 3. The van der Waals surface area contributed by atoms with Crippen LogP contribution in [0.3, 0.4) is 0 Å². The van der Waals surface area contributed by atoms with Crippen LogP contribution in [-0.2, 0) is 6.42 Å². The lowest BCUT2D eigenvalue weighted by molar-refractivity contribution is 0.415. The zero-order chi connectivity index (χ0) is 18.9. The van der Waals surface area contributed by atoms with Crippen LogP contribution in [-0.4, -0.2) is 17.1 Å². The summed E-state index contributed by atoms with van der Waals surface area (Å²) in [5, 5.41) is 0. The molecule has 0 saturated carbocycles. The van der Waals surface area contributed by atoms with Gasteiger partial charge in [-0.3, -0.25) is 0 Å². The predicted molar refractivity (Wildman–Crippen MR) is 112 cm³/mol. The normalized spacial score (nSPS) is 10.7. The number of nitrogens with zero attached hydrogens (tertiary/aromatic N) is 2. The fourth-order valence-corrected chi connectivity index (χ4v) is 3.16. The van der Waals surface area contributed by atoms with Gasteiger partial charge in [-0.15, -0.1) is 0 Å². The summed E-state index contributed by atoms with van der Waals surface area (Å²) in [6.07, 6.45) is 11.5. The third-order valence-electron chi connectivity index (χ3n) is 4.84. The standard InChI is InChI=1S/C24H28N2O/c1-3-4-5-6-7-8-19-17-25-24(26-18-19)22-11-9-20(10-12-22)21-13-15-23(27-2)16-14-21/h9-18H,3-8H2,1-2H3. The fourth-order valence-electron chi connectivity index (χ4n) is 3.16. The minimum absolute atomic E-state index is 0.783. The Labute approximate surface area is 162 Å². The quantitative estimate of drug-likeness (QED) is 0.418. The van der Waals surface area contributed by atoms with Crippen molar-refractivity contribution in [1.82, 2.24) is 9.97 Å². The van der Waals surface area contributed by atoms with Gasteiger partial charge in [0.15, 0.2) is 5.82 Å². The van der Waals surface area contributed by atoms with Crippen LogP contribution in [0, 0.1) is 0 Å². The van der Waals surface area contributed by atoms with Crippen LogP contribution < -0.4 is 4.74 Å². The van der Waals surface area contributed by atoms with E-state index in [1.807, 2.05) is 24.5 Å². The molecule has 0 aliphatic heterocycles. The lowest BCUT2D eigenvalue weighted by atomic mass is 10.0. The summed E-state index contributed by atoms with van der Waals surface area (Å²) in [4.78, 5) is 9.12. The first kappa shape index (κ1) is 19.1. The van der Waals surface area contributed by atoms with Gasteiger partial charge in [-0.05, 0) is 41.7 Å². The van der Waals surface area contributed by atoms with Crippen LogP contribution in [0.2, 0.25) is 0 Å². The van der Waals surface area contributed by atoms with Crippen molar-refractivity contribution in [1.29, 1.82) is 0 Å². The molecule has 1 aromatic heterocycles. The molecule has 0 amide bonds. The number of rotatable bonds is 9. The number of unbranched alkanes of at least 4 members (excludes halogenated alkanes) is 4. The molecule has 0 atom stereocenters. The van der Waals surface area contributed by atoms with Crippen molar-refractivity contribution in [3.05, 3.63) is 66.5 Å². The van der Waals surface area contributed by atoms with E-state index in [0.29, 0.717) is 0 Å². The lowest BCUT2D eigenvalue weighted by Gasteiger charge is -2.06. The number of benzene rings is 2. The second kappa shape index (κ2) is 9.86. The molecule has 0 aliphatic carbocycles. The molecule has 3 nitrogen and oxygen atoms in total. The number of ether oxygens (including phenoxy) is 1. The Hall–Kier alpha value is -2.68. The van der Waals surface area contributed by atoms with Gasteiger partial charge >= 0.3 is 0 Å². The Morgan fingerprint density at radius 3 is 1.85 bits per heavy atom. The smallest absolute Gasteiger partial charge is 0.159 e. The molecule has 0 spiro atoms. The van der Waals surface area contributed by atoms with Gasteiger partial charge in [-0.2, -0.15) is 0 Å². The van der Waals surface area contributed by atoms with Gasteiger partial charge in [0.2, 0.25) is 0 Å². The molecule has 3 aromatic rings. The summed E-state index contributed by atoms with van der Waals surface area (Å²) in [6.45, 7) is 2.25. The summed E-state index contributed by atoms with van der Waals surface area (Å²) in [5.74, 6) is 1.65. The predicted octanol–water partition coefficient (Wildman–Crippen LogP) is 6.33. The molecule has 3 heteroatoms. The maximum Gasteiger partial charge on any atom is 0.159 e. The Morgan fingerprint density at radius 1 is 0.704 bits per heavy atom. The molecular weight excluding hydrogens is 332 g/mol. The van der Waals surface area contributed by atoms with Gasteiger partial charge in [0.1, 0.15) is 5.75 Å². The summed E-state index contributed by atoms with van der Waals surface area (Å²) in [7, 11) is 1.68. The first-order chi connectivity index (χ1) is 13.3. The molecule has 0 unspecified atom stereocenters. The SMILES string of the molecule is CCCCCCCc1cnc(-c2ccc(-c3ccc(OC)cc3)cc2)nc1. The monoisotopic (exact) mass is 360 g/mol. The molecular formula is C24H28N2O. The Morgan fingerprint density at radius 2 is 1.26 bits per heavy atom. The zero-order valence-corrected chi connectivity index (χ0v) is 16.3. The Balaban J connectivity index is 1.61. The molecule has 140 valence electrons. The molecule has 0 fully saturated rings. The van der Waals surface area contributed by atoms with Gasteiger partial charge in [-0.1, -0.05) is 69.0 Å². The van der Waals surface area contributed by atoms with Crippen molar-refractivity contribution >= 4 is 0 Å². The van der Waals surface area contributed by atoms with Crippen molar-refractivity contribution in [3.63, 3.8) is 0 Å². The van der Waals surface area contributed by atoms with Gasteiger partial charge in [-0.25, -0.2) is 9.97 Å². The van der Waals surface area contributed by atoms with E-state index < -0.39 is 0 Å². The van der Waals surface area contributed by atoms with E-state index in [1.165, 1.54) is 48.8 Å². The van der Waals surface area contributed by atoms with Crippen LogP contribution in [0.1, 0.15) is 44.6 Å². The average molecular weight is 361 g/mol. The van der Waals surface area contributed by atoms with E-state index in [0.717, 1.165) is 23.6 Å². The van der Waals surface area contributed by atoms with Crippen molar-refractivity contribution in [2.24, 2.45) is 0 Å². The number of aromatic nitrogens is 2. The van der Waals surface area contributed by atoms with Crippen LogP contribution in [0.15, 0.2) is 60.9 Å². The minimum atomic E-state index is 0.783. The lowest BCUT2D eigenvalue weighted by Crippen LogP contribution is -1.93. The molecule has 0 bridgehead atoms.